The standard InChI is InChI=1S/C6H2ClF2N3/c7-4-1-3(11-12-10)2-5(8)6(4)9/h1-2H. The van der Waals surface area contributed by atoms with Gasteiger partial charge in [0.2, 0.25) is 0 Å². The molecule has 6 heteroatoms. The Bertz CT molecular complexity index is 337. The van der Waals surface area contributed by atoms with Crippen LogP contribution in [0.4, 0.5) is 14.5 Å². The van der Waals surface area contributed by atoms with Gasteiger partial charge in [-0.1, -0.05) is 16.7 Å². The van der Waals surface area contributed by atoms with E-state index in [4.69, 9.17) is 17.1 Å². The molecule has 0 saturated heterocycles. The van der Waals surface area contributed by atoms with Crippen LogP contribution in [0.3, 0.4) is 0 Å². The predicted octanol–water partition coefficient (Wildman–Crippen LogP) is 3.56. The summed E-state index contributed by atoms with van der Waals surface area (Å²) in [6.07, 6.45) is 0. The van der Waals surface area contributed by atoms with E-state index >= 15 is 0 Å². The number of hydrogen-bond acceptors (Lipinski definition) is 1. The number of hydrogen-bond donors (Lipinski definition) is 0. The van der Waals surface area contributed by atoms with Crippen LogP contribution in [0.1, 0.15) is 0 Å². The molecular formula is C6H2ClF2N3. The molecule has 0 aliphatic carbocycles. The van der Waals surface area contributed by atoms with Crippen molar-refractivity contribution in [3.8, 4) is 0 Å². The lowest BCUT2D eigenvalue weighted by molar-refractivity contribution is 0.509. The Hall–Kier alpha value is -1.32. The molecule has 0 fully saturated rings. The minimum atomic E-state index is -1.14. The summed E-state index contributed by atoms with van der Waals surface area (Å²) < 4.78 is 25.0. The van der Waals surface area contributed by atoms with Gasteiger partial charge in [-0.15, -0.1) is 0 Å². The molecule has 0 bridgehead atoms. The maximum absolute atomic E-state index is 12.5. The molecule has 3 nitrogen and oxygen atoms in total. The second-order valence-corrected chi connectivity index (χ2v) is 2.32. The lowest BCUT2D eigenvalue weighted by atomic mass is 10.3. The SMILES string of the molecule is [N-]=[N+]=Nc1cc(F)c(F)c(Cl)c1. The van der Waals surface area contributed by atoms with Crippen LogP contribution >= 0.6 is 11.6 Å². The molecule has 0 radical (unpaired) electrons. The van der Waals surface area contributed by atoms with Crippen molar-refractivity contribution < 1.29 is 8.78 Å². The van der Waals surface area contributed by atoms with Gasteiger partial charge in [0, 0.05) is 10.6 Å². The largest absolute Gasteiger partial charge is 0.204 e. The first-order valence-corrected chi connectivity index (χ1v) is 3.22. The minimum Gasteiger partial charge on any atom is -0.204 e. The molecule has 0 heterocycles. The van der Waals surface area contributed by atoms with E-state index in [0.29, 0.717) is 0 Å². The van der Waals surface area contributed by atoms with Gasteiger partial charge in [-0.2, -0.15) is 0 Å². The maximum Gasteiger partial charge on any atom is 0.177 e. The molecule has 0 unspecified atom stereocenters. The number of halogens is 3. The van der Waals surface area contributed by atoms with Crippen molar-refractivity contribution in [2.24, 2.45) is 5.11 Å². The van der Waals surface area contributed by atoms with Crippen molar-refractivity contribution in [3.05, 3.63) is 39.2 Å². The number of nitrogens with zero attached hydrogens (tertiary/aromatic N) is 3. The third kappa shape index (κ3) is 1.64. The van der Waals surface area contributed by atoms with Gasteiger partial charge in [0.15, 0.2) is 11.6 Å². The van der Waals surface area contributed by atoms with Crippen molar-refractivity contribution in [3.63, 3.8) is 0 Å². The zero-order valence-electron chi connectivity index (χ0n) is 5.63. The summed E-state index contributed by atoms with van der Waals surface area (Å²) in [5, 5.41) is 2.65. The van der Waals surface area contributed by atoms with Gasteiger partial charge in [-0.3, -0.25) is 0 Å². The summed E-state index contributed by atoms with van der Waals surface area (Å²) in [6, 6.07) is 1.81. The van der Waals surface area contributed by atoms with Gasteiger partial charge in [0.1, 0.15) is 0 Å². The van der Waals surface area contributed by atoms with Crippen LogP contribution in [0.25, 0.3) is 10.4 Å². The van der Waals surface area contributed by atoms with Crippen molar-refractivity contribution in [2.75, 3.05) is 0 Å². The fourth-order valence-corrected chi connectivity index (χ4v) is 0.854. The Balaban J connectivity index is 3.30. The zero-order valence-corrected chi connectivity index (χ0v) is 6.39. The van der Waals surface area contributed by atoms with Gasteiger partial charge in [-0.05, 0) is 17.7 Å². The highest BCUT2D eigenvalue weighted by molar-refractivity contribution is 6.31. The second kappa shape index (κ2) is 3.38. The Labute approximate surface area is 71.2 Å². The van der Waals surface area contributed by atoms with Crippen LogP contribution in [-0.2, 0) is 0 Å². The van der Waals surface area contributed by atoms with Crippen LogP contribution in [0.2, 0.25) is 5.02 Å². The van der Waals surface area contributed by atoms with Crippen molar-refractivity contribution in [1.82, 2.24) is 0 Å². The number of rotatable bonds is 1. The van der Waals surface area contributed by atoms with E-state index in [2.05, 4.69) is 10.0 Å². The van der Waals surface area contributed by atoms with Crippen LogP contribution in [-0.4, -0.2) is 0 Å². The molecule has 0 amide bonds. The van der Waals surface area contributed by atoms with Crippen molar-refractivity contribution >= 4 is 17.3 Å². The topological polar surface area (TPSA) is 48.8 Å². The first kappa shape index (κ1) is 8.77. The summed E-state index contributed by atoms with van der Waals surface area (Å²) in [6.45, 7) is 0. The summed E-state index contributed by atoms with van der Waals surface area (Å²) >= 11 is 5.26. The Morgan fingerprint density at radius 1 is 1.42 bits per heavy atom. The molecule has 1 aromatic carbocycles. The maximum atomic E-state index is 12.5. The third-order valence-corrected chi connectivity index (χ3v) is 1.40. The Morgan fingerprint density at radius 2 is 2.08 bits per heavy atom. The average molecular weight is 190 g/mol. The number of azide groups is 1. The summed E-state index contributed by atoms with van der Waals surface area (Å²) in [4.78, 5) is 2.40. The highest BCUT2D eigenvalue weighted by atomic mass is 35.5. The van der Waals surface area contributed by atoms with Gasteiger partial charge in [-0.25, -0.2) is 8.78 Å². The molecule has 1 aromatic rings. The van der Waals surface area contributed by atoms with Crippen molar-refractivity contribution in [1.29, 1.82) is 0 Å². The van der Waals surface area contributed by atoms with E-state index in [9.17, 15) is 8.78 Å². The first-order valence-electron chi connectivity index (χ1n) is 2.85. The van der Waals surface area contributed by atoms with Crippen LogP contribution < -0.4 is 0 Å². The zero-order chi connectivity index (χ0) is 9.14. The lowest BCUT2D eigenvalue weighted by Crippen LogP contribution is -1.83. The van der Waals surface area contributed by atoms with Crippen LogP contribution in [0, 0.1) is 11.6 Å². The van der Waals surface area contributed by atoms with E-state index in [1.165, 1.54) is 0 Å². The monoisotopic (exact) mass is 189 g/mol. The molecule has 0 aromatic heterocycles. The molecule has 0 spiro atoms. The van der Waals surface area contributed by atoms with Gasteiger partial charge >= 0.3 is 0 Å². The molecular weight excluding hydrogens is 188 g/mol. The molecule has 0 aliphatic heterocycles. The van der Waals surface area contributed by atoms with Gasteiger partial charge in [0.25, 0.3) is 0 Å². The van der Waals surface area contributed by atoms with Crippen LogP contribution in [0.15, 0.2) is 17.2 Å². The molecule has 0 N–H and O–H groups in total. The van der Waals surface area contributed by atoms with E-state index in [-0.39, 0.29) is 5.69 Å². The van der Waals surface area contributed by atoms with Gasteiger partial charge < -0.3 is 0 Å². The minimum absolute atomic E-state index is 0.0543. The fraction of sp³-hybridized carbons (Fsp3) is 0. The summed E-state index contributed by atoms with van der Waals surface area (Å²) in [5.74, 6) is -2.28. The van der Waals surface area contributed by atoms with E-state index in [0.717, 1.165) is 12.1 Å². The van der Waals surface area contributed by atoms with Gasteiger partial charge in [0.05, 0.1) is 5.02 Å². The number of benzene rings is 1. The highest BCUT2D eigenvalue weighted by Crippen LogP contribution is 2.24. The molecule has 12 heavy (non-hydrogen) atoms. The quantitative estimate of drug-likeness (QED) is 0.281. The first-order chi connectivity index (χ1) is 5.65. The lowest BCUT2D eigenvalue weighted by Gasteiger charge is -1.96. The summed E-state index contributed by atoms with van der Waals surface area (Å²) in [5.41, 5.74) is 7.92. The predicted molar refractivity (Wildman–Crippen MR) is 40.2 cm³/mol. The molecule has 0 atom stereocenters. The van der Waals surface area contributed by atoms with Crippen LogP contribution in [0.5, 0.6) is 0 Å². The van der Waals surface area contributed by atoms with E-state index in [1.807, 2.05) is 0 Å². The summed E-state index contributed by atoms with van der Waals surface area (Å²) in [7, 11) is 0. The van der Waals surface area contributed by atoms with E-state index in [1.54, 1.807) is 0 Å². The smallest absolute Gasteiger partial charge is 0.177 e. The second-order valence-electron chi connectivity index (χ2n) is 1.91. The normalized spacial score (nSPS) is 9.25. The Kier molecular flexibility index (Phi) is 2.47. The molecule has 0 saturated carbocycles. The average Bonchev–Trinajstić information content (AvgIpc) is 2.01. The fourth-order valence-electron chi connectivity index (χ4n) is 0.652. The van der Waals surface area contributed by atoms with E-state index < -0.39 is 16.7 Å². The molecule has 1 rings (SSSR count). The van der Waals surface area contributed by atoms with Crippen molar-refractivity contribution in [2.45, 2.75) is 0 Å². The molecule has 62 valence electrons. The highest BCUT2D eigenvalue weighted by Gasteiger charge is 2.07. The molecule has 0 aliphatic rings. The third-order valence-electron chi connectivity index (χ3n) is 1.13. The Morgan fingerprint density at radius 3 is 2.58 bits per heavy atom.